The first kappa shape index (κ1) is 16.8. The van der Waals surface area contributed by atoms with Crippen molar-refractivity contribution >= 4 is 23.3 Å². The van der Waals surface area contributed by atoms with Gasteiger partial charge in [0.25, 0.3) is 5.91 Å². The summed E-state index contributed by atoms with van der Waals surface area (Å²) < 4.78 is 5.40. The number of fused-ring (bicyclic) bond motifs is 1. The monoisotopic (exact) mass is 326 g/mol. The minimum atomic E-state index is -0.505. The van der Waals surface area contributed by atoms with Crippen LogP contribution >= 0.6 is 11.3 Å². The number of hydrogen-bond acceptors (Lipinski definition) is 5. The molecule has 1 aromatic rings. The molecular weight excluding hydrogens is 304 g/mol. The zero-order valence-corrected chi connectivity index (χ0v) is 14.5. The Kier molecular flexibility index (Phi) is 4.77. The summed E-state index contributed by atoms with van der Waals surface area (Å²) in [7, 11) is 3.04. The standard InChI is InChI=1S/C15H22N2O4S/c1-15(2,3)21-14(19)17-7-6-10-11(9-22-12(10)8-17)13(18)16(4)20-5/h9H,6-8H2,1-5H3. The summed E-state index contributed by atoms with van der Waals surface area (Å²) in [5.74, 6) is -0.161. The second-order valence-corrected chi connectivity index (χ2v) is 7.15. The van der Waals surface area contributed by atoms with Gasteiger partial charge in [0.05, 0.1) is 19.2 Å². The molecule has 2 heterocycles. The maximum atomic E-state index is 12.2. The summed E-state index contributed by atoms with van der Waals surface area (Å²) >= 11 is 1.49. The lowest BCUT2D eigenvalue weighted by Gasteiger charge is -2.30. The number of carbonyl (C=O) groups excluding carboxylic acids is 2. The lowest BCUT2D eigenvalue weighted by Crippen LogP contribution is -2.39. The fourth-order valence-electron chi connectivity index (χ4n) is 2.24. The SMILES string of the molecule is CON(C)C(=O)c1csc2c1CCN(C(=O)OC(C)(C)C)C2. The van der Waals surface area contributed by atoms with Gasteiger partial charge >= 0.3 is 6.09 Å². The Morgan fingerprint density at radius 3 is 2.64 bits per heavy atom. The van der Waals surface area contributed by atoms with Crippen molar-refractivity contribution in [1.82, 2.24) is 9.96 Å². The van der Waals surface area contributed by atoms with Crippen molar-refractivity contribution in [2.45, 2.75) is 39.3 Å². The molecule has 1 aromatic heterocycles. The zero-order chi connectivity index (χ0) is 16.5. The smallest absolute Gasteiger partial charge is 0.410 e. The number of hydroxylamine groups is 2. The second-order valence-electron chi connectivity index (χ2n) is 6.19. The van der Waals surface area contributed by atoms with Crippen LogP contribution in [0, 0.1) is 0 Å². The second kappa shape index (κ2) is 6.26. The van der Waals surface area contributed by atoms with E-state index < -0.39 is 5.60 Å². The van der Waals surface area contributed by atoms with E-state index in [2.05, 4.69) is 0 Å². The van der Waals surface area contributed by atoms with Gasteiger partial charge in [0.15, 0.2) is 0 Å². The Labute approximate surface area is 134 Å². The maximum absolute atomic E-state index is 12.2. The predicted molar refractivity (Wildman–Crippen MR) is 83.8 cm³/mol. The van der Waals surface area contributed by atoms with Crippen LogP contribution in [0.2, 0.25) is 0 Å². The average Bonchev–Trinajstić information content (AvgIpc) is 2.86. The summed E-state index contributed by atoms with van der Waals surface area (Å²) in [4.78, 5) is 32.0. The molecule has 0 bridgehead atoms. The van der Waals surface area contributed by atoms with Crippen molar-refractivity contribution in [3.63, 3.8) is 0 Å². The number of ether oxygens (including phenoxy) is 1. The summed E-state index contributed by atoms with van der Waals surface area (Å²) in [6.45, 7) is 6.59. The van der Waals surface area contributed by atoms with Crippen molar-refractivity contribution in [1.29, 1.82) is 0 Å². The molecule has 2 amide bonds. The molecule has 6 nitrogen and oxygen atoms in total. The van der Waals surface area contributed by atoms with Gasteiger partial charge < -0.3 is 9.64 Å². The molecule has 0 saturated heterocycles. The van der Waals surface area contributed by atoms with Gasteiger partial charge in [-0.1, -0.05) is 0 Å². The summed E-state index contributed by atoms with van der Waals surface area (Å²) in [5, 5.41) is 3.05. The highest BCUT2D eigenvalue weighted by atomic mass is 32.1. The Hall–Kier alpha value is -1.60. The van der Waals surface area contributed by atoms with Crippen LogP contribution in [0.1, 0.15) is 41.6 Å². The third-order valence-corrected chi connectivity index (χ3v) is 4.40. The predicted octanol–water partition coefficient (Wildman–Crippen LogP) is 2.67. The number of carbonyl (C=O) groups is 2. The molecule has 0 unspecified atom stereocenters. The van der Waals surface area contributed by atoms with E-state index in [0.29, 0.717) is 25.1 Å². The molecule has 7 heteroatoms. The Morgan fingerprint density at radius 1 is 1.36 bits per heavy atom. The van der Waals surface area contributed by atoms with E-state index in [-0.39, 0.29) is 12.0 Å². The first-order valence-corrected chi connectivity index (χ1v) is 8.00. The largest absolute Gasteiger partial charge is 0.444 e. The van der Waals surface area contributed by atoms with Crippen LogP contribution in [-0.2, 0) is 22.5 Å². The number of thiophene rings is 1. The topological polar surface area (TPSA) is 59.1 Å². The molecule has 0 N–H and O–H groups in total. The van der Waals surface area contributed by atoms with Crippen LogP contribution in [0.3, 0.4) is 0 Å². The molecule has 22 heavy (non-hydrogen) atoms. The molecule has 0 radical (unpaired) electrons. The van der Waals surface area contributed by atoms with Gasteiger partial charge in [0, 0.05) is 23.8 Å². The first-order valence-electron chi connectivity index (χ1n) is 7.12. The minimum Gasteiger partial charge on any atom is -0.444 e. The molecule has 0 aromatic carbocycles. The fraction of sp³-hybridized carbons (Fsp3) is 0.600. The fourth-order valence-corrected chi connectivity index (χ4v) is 3.33. The Bertz CT molecular complexity index is 577. The van der Waals surface area contributed by atoms with E-state index in [0.717, 1.165) is 10.4 Å². The van der Waals surface area contributed by atoms with E-state index in [1.54, 1.807) is 11.9 Å². The molecular formula is C15H22N2O4S. The van der Waals surface area contributed by atoms with Crippen LogP contribution in [-0.4, -0.2) is 48.3 Å². The third-order valence-electron chi connectivity index (χ3n) is 3.39. The molecule has 0 aliphatic carbocycles. The van der Waals surface area contributed by atoms with Crippen LogP contribution in [0.5, 0.6) is 0 Å². The molecule has 0 fully saturated rings. The average molecular weight is 326 g/mol. The highest BCUT2D eigenvalue weighted by molar-refractivity contribution is 7.10. The van der Waals surface area contributed by atoms with Crippen molar-refractivity contribution in [2.75, 3.05) is 20.7 Å². The number of amides is 2. The number of rotatable bonds is 2. The lowest BCUT2D eigenvalue weighted by molar-refractivity contribution is -0.0757. The molecule has 0 atom stereocenters. The molecule has 0 saturated carbocycles. The van der Waals surface area contributed by atoms with Gasteiger partial charge in [-0.05, 0) is 32.8 Å². The zero-order valence-electron chi connectivity index (χ0n) is 13.6. The van der Waals surface area contributed by atoms with E-state index in [4.69, 9.17) is 9.57 Å². The van der Waals surface area contributed by atoms with Gasteiger partial charge in [0.2, 0.25) is 0 Å². The Balaban J connectivity index is 2.12. The van der Waals surface area contributed by atoms with Gasteiger partial charge in [-0.15, -0.1) is 11.3 Å². The van der Waals surface area contributed by atoms with Crippen molar-refractivity contribution in [2.24, 2.45) is 0 Å². The van der Waals surface area contributed by atoms with Gasteiger partial charge in [-0.3, -0.25) is 9.63 Å². The van der Waals surface area contributed by atoms with Gasteiger partial charge in [0.1, 0.15) is 5.60 Å². The van der Waals surface area contributed by atoms with Crippen molar-refractivity contribution < 1.29 is 19.2 Å². The maximum Gasteiger partial charge on any atom is 0.410 e. The van der Waals surface area contributed by atoms with E-state index in [1.807, 2.05) is 26.2 Å². The highest BCUT2D eigenvalue weighted by Gasteiger charge is 2.29. The minimum absolute atomic E-state index is 0.161. The normalized spacial score (nSPS) is 14.5. The van der Waals surface area contributed by atoms with Crippen LogP contribution in [0.4, 0.5) is 4.79 Å². The van der Waals surface area contributed by atoms with E-state index in [1.165, 1.54) is 23.5 Å². The van der Waals surface area contributed by atoms with E-state index >= 15 is 0 Å². The lowest BCUT2D eigenvalue weighted by atomic mass is 10.0. The van der Waals surface area contributed by atoms with Crippen LogP contribution < -0.4 is 0 Å². The summed E-state index contributed by atoms with van der Waals surface area (Å²) in [6.07, 6.45) is 0.338. The summed E-state index contributed by atoms with van der Waals surface area (Å²) in [5.41, 5.74) is 1.17. The number of hydrogen-bond donors (Lipinski definition) is 0. The number of nitrogens with zero attached hydrogens (tertiary/aromatic N) is 2. The van der Waals surface area contributed by atoms with Gasteiger partial charge in [-0.25, -0.2) is 9.86 Å². The summed E-state index contributed by atoms with van der Waals surface area (Å²) in [6, 6.07) is 0. The molecule has 1 aliphatic heterocycles. The molecule has 0 spiro atoms. The van der Waals surface area contributed by atoms with Crippen molar-refractivity contribution in [3.05, 3.63) is 21.4 Å². The van der Waals surface area contributed by atoms with Crippen LogP contribution in [0.25, 0.3) is 0 Å². The molecule has 2 rings (SSSR count). The molecule has 1 aliphatic rings. The molecule has 122 valence electrons. The Morgan fingerprint density at radius 2 is 2.05 bits per heavy atom. The van der Waals surface area contributed by atoms with Crippen molar-refractivity contribution in [3.8, 4) is 0 Å². The van der Waals surface area contributed by atoms with E-state index in [9.17, 15) is 9.59 Å². The quantitative estimate of drug-likeness (QED) is 0.784. The first-order chi connectivity index (χ1) is 10.2. The third kappa shape index (κ3) is 3.59. The van der Waals surface area contributed by atoms with Crippen LogP contribution in [0.15, 0.2) is 5.38 Å². The highest BCUT2D eigenvalue weighted by Crippen LogP contribution is 2.30. The van der Waals surface area contributed by atoms with Gasteiger partial charge in [-0.2, -0.15) is 0 Å².